The fourth-order valence-electron chi connectivity index (χ4n) is 3.01. The molecule has 0 spiro atoms. The Labute approximate surface area is 190 Å². The second kappa shape index (κ2) is 9.61. The summed E-state index contributed by atoms with van der Waals surface area (Å²) in [5, 5.41) is 1.40. The molecule has 0 fully saturated rings. The van der Waals surface area contributed by atoms with Crippen molar-refractivity contribution in [2.75, 3.05) is 0 Å². The second-order valence-electron chi connectivity index (χ2n) is 6.89. The van der Waals surface area contributed by atoms with Crippen LogP contribution in [0.3, 0.4) is 0 Å². The van der Waals surface area contributed by atoms with Crippen LogP contribution in [0, 0.1) is 0 Å². The van der Waals surface area contributed by atoms with Gasteiger partial charge in [0.25, 0.3) is 0 Å². The zero-order chi connectivity index (χ0) is 21.6. The van der Waals surface area contributed by atoms with Crippen molar-refractivity contribution in [3.05, 3.63) is 111 Å². The number of aldehydes is 1. The van der Waals surface area contributed by atoms with E-state index in [1.54, 1.807) is 12.1 Å². The molecule has 0 saturated carbocycles. The first-order valence-corrected chi connectivity index (χ1v) is 10.4. The molecule has 0 aliphatic carbocycles. The molecule has 0 atom stereocenters. The van der Waals surface area contributed by atoms with Gasteiger partial charge in [0.05, 0.1) is 11.4 Å². The molecule has 4 aromatic rings. The minimum Gasteiger partial charge on any atom is -0.338 e. The summed E-state index contributed by atoms with van der Waals surface area (Å²) in [6.07, 6.45) is 8.77. The maximum atomic E-state index is 10.9. The van der Waals surface area contributed by atoms with Crippen molar-refractivity contribution >= 4 is 53.8 Å². The lowest BCUT2D eigenvalue weighted by molar-refractivity contribution is 0.112. The fourth-order valence-corrected chi connectivity index (χ4v) is 3.27. The van der Waals surface area contributed by atoms with Crippen LogP contribution in [-0.4, -0.2) is 16.3 Å². The third-order valence-electron chi connectivity index (χ3n) is 4.70. The first-order chi connectivity index (χ1) is 15.1. The molecule has 5 heteroatoms. The highest BCUT2D eigenvalue weighted by Crippen LogP contribution is 2.22. The first-order valence-electron chi connectivity index (χ1n) is 9.64. The summed E-state index contributed by atoms with van der Waals surface area (Å²) in [4.78, 5) is 19.1. The number of hydrogen-bond donors (Lipinski definition) is 1. The van der Waals surface area contributed by atoms with Crippen molar-refractivity contribution in [3.63, 3.8) is 0 Å². The van der Waals surface area contributed by atoms with Gasteiger partial charge in [0, 0.05) is 21.2 Å². The van der Waals surface area contributed by atoms with Crippen LogP contribution in [0.2, 0.25) is 10.0 Å². The van der Waals surface area contributed by atoms with Gasteiger partial charge in [0.15, 0.2) is 0 Å². The number of aromatic amines is 1. The number of halogens is 2. The van der Waals surface area contributed by atoms with Crippen LogP contribution < -0.4 is 0 Å². The van der Waals surface area contributed by atoms with E-state index in [9.17, 15) is 4.79 Å². The highest BCUT2D eigenvalue weighted by Gasteiger charge is 2.08. The predicted octanol–water partition coefficient (Wildman–Crippen LogP) is 7.54. The Balaban J connectivity index is 1.69. The van der Waals surface area contributed by atoms with Gasteiger partial charge in [-0.15, -0.1) is 0 Å². The van der Waals surface area contributed by atoms with Crippen molar-refractivity contribution in [1.82, 2.24) is 9.97 Å². The molecule has 0 bridgehead atoms. The quantitative estimate of drug-likeness (QED) is 0.312. The lowest BCUT2D eigenvalue weighted by atomic mass is 10.1. The summed E-state index contributed by atoms with van der Waals surface area (Å²) in [6.45, 7) is 0. The van der Waals surface area contributed by atoms with E-state index in [0.29, 0.717) is 15.6 Å². The second-order valence-corrected chi connectivity index (χ2v) is 7.77. The molecule has 3 aromatic carbocycles. The van der Waals surface area contributed by atoms with Crippen molar-refractivity contribution in [1.29, 1.82) is 0 Å². The zero-order valence-corrected chi connectivity index (χ0v) is 17.9. The molecule has 0 aliphatic rings. The molecule has 3 nitrogen and oxygen atoms in total. The number of imidazole rings is 1. The van der Waals surface area contributed by atoms with E-state index in [2.05, 4.69) is 4.98 Å². The van der Waals surface area contributed by atoms with Crippen molar-refractivity contribution in [2.45, 2.75) is 0 Å². The Bertz CT molecular complexity index is 1160. The van der Waals surface area contributed by atoms with E-state index in [1.165, 1.54) is 0 Å². The zero-order valence-electron chi connectivity index (χ0n) is 16.4. The van der Waals surface area contributed by atoms with Crippen LogP contribution in [0.15, 0.2) is 72.8 Å². The molecule has 0 amide bonds. The number of carbonyl (C=O) groups is 1. The third-order valence-corrected chi connectivity index (χ3v) is 5.20. The van der Waals surface area contributed by atoms with Gasteiger partial charge in [-0.3, -0.25) is 4.79 Å². The summed E-state index contributed by atoms with van der Waals surface area (Å²) in [5.74, 6) is 0.726. The van der Waals surface area contributed by atoms with Gasteiger partial charge in [-0.1, -0.05) is 83.9 Å². The molecule has 1 heterocycles. The third kappa shape index (κ3) is 5.40. The molecule has 0 saturated heterocycles. The van der Waals surface area contributed by atoms with Crippen LogP contribution in [0.4, 0.5) is 0 Å². The van der Waals surface area contributed by atoms with E-state index in [0.717, 1.165) is 40.2 Å². The smallest absolute Gasteiger partial charge is 0.150 e. The minimum absolute atomic E-state index is 0.626. The maximum Gasteiger partial charge on any atom is 0.150 e. The van der Waals surface area contributed by atoms with Gasteiger partial charge in [0.1, 0.15) is 12.1 Å². The predicted molar refractivity (Wildman–Crippen MR) is 130 cm³/mol. The number of aromatic nitrogens is 2. The van der Waals surface area contributed by atoms with Crippen LogP contribution in [0.25, 0.3) is 35.7 Å². The van der Waals surface area contributed by atoms with E-state index < -0.39 is 0 Å². The fraction of sp³-hybridized carbons (Fsp3) is 0. The number of rotatable bonds is 6. The normalized spacial score (nSPS) is 11.4. The standard InChI is InChI=1S/C26H18Cl2N2O/c27-22-11-3-18(4-12-22)7-15-24-25(16-8-19-5-13-23(28)14-6-19)30-26(29-24)21-9-1-20(17-31)2-10-21/h1-17H,(H,29,30). The van der Waals surface area contributed by atoms with Gasteiger partial charge in [0.2, 0.25) is 0 Å². The van der Waals surface area contributed by atoms with Crippen LogP contribution in [-0.2, 0) is 0 Å². The largest absolute Gasteiger partial charge is 0.338 e. The Morgan fingerprint density at radius 1 is 0.645 bits per heavy atom. The molecule has 4 rings (SSSR count). The minimum atomic E-state index is 0.626. The number of benzene rings is 3. The number of H-pyrrole nitrogens is 1. The summed E-state index contributed by atoms with van der Waals surface area (Å²) >= 11 is 12.0. The molecule has 152 valence electrons. The molecule has 0 radical (unpaired) electrons. The van der Waals surface area contributed by atoms with Crippen molar-refractivity contribution < 1.29 is 4.79 Å². The molecular formula is C26H18Cl2N2O. The maximum absolute atomic E-state index is 10.9. The van der Waals surface area contributed by atoms with Crippen LogP contribution >= 0.6 is 23.2 Å². The molecule has 31 heavy (non-hydrogen) atoms. The number of nitrogens with one attached hydrogen (secondary N) is 1. The summed E-state index contributed by atoms with van der Waals surface area (Å²) in [7, 11) is 0. The molecule has 0 unspecified atom stereocenters. The highest BCUT2D eigenvalue weighted by molar-refractivity contribution is 6.30. The lowest BCUT2D eigenvalue weighted by Crippen LogP contribution is -1.83. The van der Waals surface area contributed by atoms with E-state index >= 15 is 0 Å². The highest BCUT2D eigenvalue weighted by atomic mass is 35.5. The Hall–Kier alpha value is -3.40. The van der Waals surface area contributed by atoms with Gasteiger partial charge < -0.3 is 4.98 Å². The SMILES string of the molecule is O=Cc1ccc(-c2nc(C=Cc3ccc(Cl)cc3)c(C=Cc3ccc(Cl)cc3)[nH]2)cc1. The van der Waals surface area contributed by atoms with Crippen molar-refractivity contribution in [3.8, 4) is 11.4 Å². The molecule has 1 N–H and O–H groups in total. The summed E-state index contributed by atoms with van der Waals surface area (Å²) < 4.78 is 0. The average molecular weight is 445 g/mol. The summed E-state index contributed by atoms with van der Waals surface area (Å²) in [5.41, 5.74) is 5.25. The van der Waals surface area contributed by atoms with E-state index in [-0.39, 0.29) is 0 Å². The number of carbonyl (C=O) groups excluding carboxylic acids is 1. The van der Waals surface area contributed by atoms with Crippen LogP contribution in [0.5, 0.6) is 0 Å². The van der Waals surface area contributed by atoms with Gasteiger partial charge in [-0.2, -0.15) is 0 Å². The summed E-state index contributed by atoms with van der Waals surface area (Å²) in [6, 6.07) is 22.5. The van der Waals surface area contributed by atoms with E-state index in [4.69, 9.17) is 28.2 Å². The molecular weight excluding hydrogens is 427 g/mol. The van der Waals surface area contributed by atoms with E-state index in [1.807, 2.05) is 85.0 Å². The Morgan fingerprint density at radius 3 is 1.71 bits per heavy atom. The van der Waals surface area contributed by atoms with Crippen molar-refractivity contribution in [2.24, 2.45) is 0 Å². The van der Waals surface area contributed by atoms with Gasteiger partial charge >= 0.3 is 0 Å². The van der Waals surface area contributed by atoms with Gasteiger partial charge in [-0.25, -0.2) is 4.98 Å². The monoisotopic (exact) mass is 444 g/mol. The Morgan fingerprint density at radius 2 is 1.16 bits per heavy atom. The number of hydrogen-bond acceptors (Lipinski definition) is 2. The first kappa shape index (κ1) is 20.9. The molecule has 1 aromatic heterocycles. The Kier molecular flexibility index (Phi) is 6.46. The van der Waals surface area contributed by atoms with Crippen LogP contribution in [0.1, 0.15) is 32.9 Å². The molecule has 0 aliphatic heterocycles. The lowest BCUT2D eigenvalue weighted by Gasteiger charge is -1.96. The number of nitrogens with zero attached hydrogens (tertiary/aromatic N) is 1. The topological polar surface area (TPSA) is 45.8 Å². The van der Waals surface area contributed by atoms with Gasteiger partial charge in [-0.05, 0) is 47.5 Å². The average Bonchev–Trinajstić information content (AvgIpc) is 3.21.